The average Bonchev–Trinajstić information content (AvgIpc) is 3.33. The van der Waals surface area contributed by atoms with Crippen LogP contribution in [0.4, 0.5) is 0 Å². The first kappa shape index (κ1) is 20.4. The van der Waals surface area contributed by atoms with Gasteiger partial charge in [0.25, 0.3) is 0 Å². The molecule has 2 aromatic rings. The van der Waals surface area contributed by atoms with E-state index in [0.29, 0.717) is 13.1 Å². The molecule has 2 saturated heterocycles. The first-order chi connectivity index (χ1) is 13.9. The number of rotatable bonds is 4. The third-order valence-electron chi connectivity index (χ3n) is 5.66. The number of nitrogens with zero attached hydrogens (tertiary/aromatic N) is 4. The van der Waals surface area contributed by atoms with Crippen LogP contribution >= 0.6 is 11.8 Å². The van der Waals surface area contributed by atoms with Crippen LogP contribution in [0.25, 0.3) is 17.1 Å². The number of carbonyl (C=O) groups excluding carboxylic acids is 1. The number of piperidine rings is 1. The van der Waals surface area contributed by atoms with E-state index in [-0.39, 0.29) is 24.1 Å². The van der Waals surface area contributed by atoms with Gasteiger partial charge in [0, 0.05) is 38.5 Å². The molecule has 3 heterocycles. The highest BCUT2D eigenvalue weighted by Gasteiger charge is 2.36. The van der Waals surface area contributed by atoms with E-state index in [2.05, 4.69) is 4.98 Å². The minimum Gasteiger partial charge on any atom is -0.328 e. The Balaban J connectivity index is 1.57. The third-order valence-corrected chi connectivity index (χ3v) is 8.53. The Bertz CT molecular complexity index is 1060. The van der Waals surface area contributed by atoms with E-state index in [1.54, 1.807) is 18.7 Å². The molecule has 1 unspecified atom stereocenters. The Labute approximate surface area is 175 Å². The second kappa shape index (κ2) is 8.12. The van der Waals surface area contributed by atoms with Crippen LogP contribution in [0.1, 0.15) is 25.6 Å². The highest BCUT2D eigenvalue weighted by molar-refractivity contribution is 8.03. The molecule has 0 spiro atoms. The van der Waals surface area contributed by atoms with Gasteiger partial charge in [-0.2, -0.15) is 0 Å². The molecule has 0 radical (unpaired) electrons. The fourth-order valence-corrected chi connectivity index (χ4v) is 6.16. The van der Waals surface area contributed by atoms with E-state index in [1.807, 2.05) is 46.9 Å². The van der Waals surface area contributed by atoms with Gasteiger partial charge < -0.3 is 9.47 Å². The van der Waals surface area contributed by atoms with Gasteiger partial charge in [-0.25, -0.2) is 17.7 Å². The smallest absolute Gasteiger partial charge is 0.231 e. The maximum atomic E-state index is 13.2. The minimum atomic E-state index is -3.26. The fraction of sp³-hybridized carbons (Fsp3) is 0.500. The fourth-order valence-electron chi connectivity index (χ4n) is 3.97. The standard InChI is InChI=1S/C20H26N4O3S2/c1-3-29(26,27)23-10-6-7-15(14-23)20(25)24-11-12-28-19(24)13-18-21-16-8-4-5-9-17(16)22(18)2/h4-5,8-9,13,15H,3,6-7,10-12,14H2,1-2H3/b19-13+. The second-order valence-corrected chi connectivity index (χ2v) is 10.8. The van der Waals surface area contributed by atoms with Crippen molar-refractivity contribution in [1.82, 2.24) is 18.8 Å². The predicted molar refractivity (Wildman–Crippen MR) is 117 cm³/mol. The normalized spacial score (nSPS) is 22.6. The number of imidazole rings is 1. The molecule has 4 rings (SSSR count). The summed E-state index contributed by atoms with van der Waals surface area (Å²) in [6, 6.07) is 7.96. The monoisotopic (exact) mass is 434 g/mol. The largest absolute Gasteiger partial charge is 0.328 e. The highest BCUT2D eigenvalue weighted by atomic mass is 32.2. The van der Waals surface area contributed by atoms with Gasteiger partial charge in [-0.1, -0.05) is 12.1 Å². The zero-order valence-corrected chi connectivity index (χ0v) is 18.4. The van der Waals surface area contributed by atoms with Gasteiger partial charge in [-0.3, -0.25) is 4.79 Å². The molecule has 0 bridgehead atoms. The summed E-state index contributed by atoms with van der Waals surface area (Å²) in [6.45, 7) is 3.10. The molecule has 1 aromatic carbocycles. The maximum Gasteiger partial charge on any atom is 0.231 e. The van der Waals surface area contributed by atoms with Crippen molar-refractivity contribution < 1.29 is 13.2 Å². The summed E-state index contributed by atoms with van der Waals surface area (Å²) in [7, 11) is -1.29. The number of hydrogen-bond acceptors (Lipinski definition) is 5. The Hall–Kier alpha value is -1.84. The molecular formula is C20H26N4O3S2. The molecule has 0 N–H and O–H groups in total. The van der Waals surface area contributed by atoms with Gasteiger partial charge in [-0.05, 0) is 31.9 Å². The summed E-state index contributed by atoms with van der Waals surface area (Å²) in [5.41, 5.74) is 1.98. The van der Waals surface area contributed by atoms with Crippen molar-refractivity contribution in [2.45, 2.75) is 19.8 Å². The number of thioether (sulfide) groups is 1. The molecule has 0 saturated carbocycles. The van der Waals surface area contributed by atoms with Gasteiger partial charge in [0.15, 0.2) is 0 Å². The first-order valence-corrected chi connectivity index (χ1v) is 12.6. The SMILES string of the molecule is CCS(=O)(=O)N1CCCC(C(=O)N2CCS/C2=C/c2nc3ccccc3n2C)C1. The van der Waals surface area contributed by atoms with E-state index < -0.39 is 10.0 Å². The topological polar surface area (TPSA) is 75.5 Å². The van der Waals surface area contributed by atoms with Crippen LogP contribution in [-0.4, -0.2) is 64.2 Å². The molecule has 2 aliphatic heterocycles. The van der Waals surface area contributed by atoms with Crippen molar-refractivity contribution in [2.24, 2.45) is 13.0 Å². The molecule has 1 aromatic heterocycles. The maximum absolute atomic E-state index is 13.2. The number of benzene rings is 1. The lowest BCUT2D eigenvalue weighted by molar-refractivity contribution is -0.133. The van der Waals surface area contributed by atoms with Gasteiger partial charge in [-0.15, -0.1) is 11.8 Å². The van der Waals surface area contributed by atoms with Crippen molar-refractivity contribution in [3.8, 4) is 0 Å². The van der Waals surface area contributed by atoms with Gasteiger partial charge in [0.2, 0.25) is 15.9 Å². The number of amides is 1. The zero-order chi connectivity index (χ0) is 20.6. The number of carbonyl (C=O) groups is 1. The van der Waals surface area contributed by atoms with Crippen molar-refractivity contribution in [3.05, 3.63) is 35.1 Å². The van der Waals surface area contributed by atoms with Crippen molar-refractivity contribution in [1.29, 1.82) is 0 Å². The quantitative estimate of drug-likeness (QED) is 0.739. The summed E-state index contributed by atoms with van der Waals surface area (Å²) < 4.78 is 28.0. The molecular weight excluding hydrogens is 408 g/mol. The van der Waals surface area contributed by atoms with Crippen LogP contribution in [0.3, 0.4) is 0 Å². The van der Waals surface area contributed by atoms with Crippen LogP contribution in [0.5, 0.6) is 0 Å². The number of aryl methyl sites for hydroxylation is 1. The van der Waals surface area contributed by atoms with Crippen molar-refractivity contribution >= 4 is 44.8 Å². The lowest BCUT2D eigenvalue weighted by Crippen LogP contribution is -2.46. The lowest BCUT2D eigenvalue weighted by Gasteiger charge is -2.33. The van der Waals surface area contributed by atoms with E-state index >= 15 is 0 Å². The summed E-state index contributed by atoms with van der Waals surface area (Å²) in [5, 5.41) is 0.892. The molecule has 1 atom stereocenters. The molecule has 29 heavy (non-hydrogen) atoms. The number of aromatic nitrogens is 2. The Morgan fingerprint density at radius 3 is 2.86 bits per heavy atom. The minimum absolute atomic E-state index is 0.0241. The van der Waals surface area contributed by atoms with Gasteiger partial charge >= 0.3 is 0 Å². The predicted octanol–water partition coefficient (Wildman–Crippen LogP) is 2.51. The molecule has 0 aliphatic carbocycles. The van der Waals surface area contributed by atoms with Crippen LogP contribution in [0, 0.1) is 5.92 Å². The van der Waals surface area contributed by atoms with Gasteiger partial charge in [0.05, 0.1) is 27.7 Å². The number of sulfonamides is 1. The summed E-state index contributed by atoms with van der Waals surface area (Å²) in [5.74, 6) is 1.46. The van der Waals surface area contributed by atoms with E-state index in [4.69, 9.17) is 0 Å². The zero-order valence-electron chi connectivity index (χ0n) is 16.7. The summed E-state index contributed by atoms with van der Waals surface area (Å²) >= 11 is 1.65. The van der Waals surface area contributed by atoms with Crippen molar-refractivity contribution in [2.75, 3.05) is 31.1 Å². The van der Waals surface area contributed by atoms with Crippen LogP contribution < -0.4 is 0 Å². The molecule has 1 amide bonds. The van der Waals surface area contributed by atoms with E-state index in [0.717, 1.165) is 40.5 Å². The molecule has 2 aliphatic rings. The summed E-state index contributed by atoms with van der Waals surface area (Å²) in [6.07, 6.45) is 3.43. The number of hydrogen-bond donors (Lipinski definition) is 0. The van der Waals surface area contributed by atoms with Crippen LogP contribution in [0.2, 0.25) is 0 Å². The Morgan fingerprint density at radius 1 is 1.31 bits per heavy atom. The molecule has 7 nitrogen and oxygen atoms in total. The van der Waals surface area contributed by atoms with Crippen LogP contribution in [0.15, 0.2) is 29.3 Å². The van der Waals surface area contributed by atoms with E-state index in [9.17, 15) is 13.2 Å². The van der Waals surface area contributed by atoms with E-state index in [1.165, 1.54) is 4.31 Å². The summed E-state index contributed by atoms with van der Waals surface area (Å²) in [4.78, 5) is 19.7. The molecule has 9 heteroatoms. The molecule has 2 fully saturated rings. The second-order valence-electron chi connectivity index (χ2n) is 7.44. The molecule has 156 valence electrons. The first-order valence-electron chi connectivity index (χ1n) is 9.96. The van der Waals surface area contributed by atoms with Crippen molar-refractivity contribution in [3.63, 3.8) is 0 Å². The highest BCUT2D eigenvalue weighted by Crippen LogP contribution is 2.33. The Kier molecular flexibility index (Phi) is 5.72. The van der Waals surface area contributed by atoms with Gasteiger partial charge in [0.1, 0.15) is 5.82 Å². The number of para-hydroxylation sites is 2. The lowest BCUT2D eigenvalue weighted by atomic mass is 9.98. The average molecular weight is 435 g/mol. The number of fused-ring (bicyclic) bond motifs is 1. The Morgan fingerprint density at radius 2 is 2.10 bits per heavy atom. The van der Waals surface area contributed by atoms with Crippen LogP contribution in [-0.2, 0) is 21.9 Å². The third kappa shape index (κ3) is 3.95.